The predicted octanol–water partition coefficient (Wildman–Crippen LogP) is 3.80. The number of hydrogen-bond donors (Lipinski definition) is 0. The summed E-state index contributed by atoms with van der Waals surface area (Å²) in [5.41, 5.74) is 1.10. The van der Waals surface area contributed by atoms with Gasteiger partial charge >= 0.3 is 0 Å². The smallest absolute Gasteiger partial charge is 0.0721 e. The molecule has 0 amide bonds. The summed E-state index contributed by atoms with van der Waals surface area (Å²) in [7, 11) is 0. The van der Waals surface area contributed by atoms with Gasteiger partial charge in [0.25, 0.3) is 0 Å². The first-order valence-corrected chi connectivity index (χ1v) is 7.28. The summed E-state index contributed by atoms with van der Waals surface area (Å²) in [4.78, 5) is 0. The van der Waals surface area contributed by atoms with E-state index in [-0.39, 0.29) is 0 Å². The van der Waals surface area contributed by atoms with Crippen molar-refractivity contribution in [1.82, 2.24) is 0 Å². The highest BCUT2D eigenvalue weighted by Crippen LogP contribution is 2.53. The molecule has 0 aromatic carbocycles. The van der Waals surface area contributed by atoms with Gasteiger partial charge < -0.3 is 4.74 Å². The molecule has 2 aliphatic rings. The van der Waals surface area contributed by atoms with E-state index in [4.69, 9.17) is 4.74 Å². The van der Waals surface area contributed by atoms with Crippen molar-refractivity contribution in [1.29, 1.82) is 0 Å². The maximum atomic E-state index is 5.88. The molecular weight excluding hydrogens is 287 g/mol. The van der Waals surface area contributed by atoms with Gasteiger partial charge in [-0.1, -0.05) is 42.9 Å². The van der Waals surface area contributed by atoms with E-state index in [9.17, 15) is 0 Å². The first-order chi connectivity index (χ1) is 6.58. The Bertz CT molecular complexity index is 214. The Morgan fingerprint density at radius 2 is 2.07 bits per heavy atom. The first-order valence-electron chi connectivity index (χ1n) is 5.76. The van der Waals surface area contributed by atoms with Gasteiger partial charge in [-0.05, 0) is 31.1 Å². The van der Waals surface area contributed by atoms with Crippen molar-refractivity contribution in [2.75, 3.05) is 11.0 Å². The fraction of sp³-hybridized carbons (Fsp3) is 1.00. The minimum Gasteiger partial charge on any atom is -0.377 e. The van der Waals surface area contributed by atoms with E-state index in [0.717, 1.165) is 6.61 Å². The lowest BCUT2D eigenvalue weighted by Gasteiger charge is -2.45. The van der Waals surface area contributed by atoms with Crippen LogP contribution in [-0.4, -0.2) is 17.1 Å². The third-order valence-electron chi connectivity index (χ3n) is 4.10. The third-order valence-corrected chi connectivity index (χ3v) is 4.90. The minimum absolute atomic E-state index is 0.544. The van der Waals surface area contributed by atoms with E-state index in [2.05, 4.69) is 36.4 Å². The molecule has 14 heavy (non-hydrogen) atoms. The fourth-order valence-corrected chi connectivity index (χ4v) is 4.68. The van der Waals surface area contributed by atoms with Gasteiger partial charge in [-0.15, -0.1) is 0 Å². The zero-order valence-corrected chi connectivity index (χ0v) is 11.5. The van der Waals surface area contributed by atoms with Crippen LogP contribution < -0.4 is 0 Å². The summed E-state index contributed by atoms with van der Waals surface area (Å²) >= 11 is 2.49. The molecule has 2 fully saturated rings. The van der Waals surface area contributed by atoms with E-state index >= 15 is 0 Å². The molecule has 1 saturated carbocycles. The average Bonchev–Trinajstić information content (AvgIpc) is 2.45. The third kappa shape index (κ3) is 1.97. The zero-order chi connectivity index (χ0) is 10.2. The summed E-state index contributed by atoms with van der Waals surface area (Å²) < 4.78 is 7.06. The second-order valence-electron chi connectivity index (χ2n) is 5.82. The average molecular weight is 308 g/mol. The molecule has 1 aliphatic heterocycles. The number of hydrogen-bond acceptors (Lipinski definition) is 1. The molecule has 2 rings (SSSR count). The quantitative estimate of drug-likeness (QED) is 0.529. The van der Waals surface area contributed by atoms with Gasteiger partial charge in [0.05, 0.1) is 6.10 Å². The molecule has 0 radical (unpaired) electrons. The minimum atomic E-state index is 0.544. The van der Waals surface area contributed by atoms with Crippen LogP contribution in [0, 0.1) is 10.8 Å². The van der Waals surface area contributed by atoms with Crippen LogP contribution in [0.2, 0.25) is 0 Å². The summed E-state index contributed by atoms with van der Waals surface area (Å²) in [6.45, 7) is 5.86. The Kier molecular flexibility index (Phi) is 3.14. The molecule has 1 heterocycles. The largest absolute Gasteiger partial charge is 0.377 e. The number of halogens is 1. The van der Waals surface area contributed by atoms with E-state index in [1.54, 1.807) is 0 Å². The van der Waals surface area contributed by atoms with Gasteiger partial charge in [0.1, 0.15) is 0 Å². The van der Waals surface area contributed by atoms with E-state index in [1.807, 2.05) is 0 Å². The molecule has 2 unspecified atom stereocenters. The molecule has 1 saturated heterocycles. The van der Waals surface area contributed by atoms with Crippen LogP contribution in [-0.2, 0) is 4.74 Å². The highest BCUT2D eigenvalue weighted by molar-refractivity contribution is 14.1. The van der Waals surface area contributed by atoms with Crippen molar-refractivity contribution in [3.8, 4) is 0 Å². The Labute approximate surface area is 101 Å². The Balaban J connectivity index is 2.14. The maximum absolute atomic E-state index is 5.88. The lowest BCUT2D eigenvalue weighted by atomic mass is 9.61. The molecule has 82 valence electrons. The Morgan fingerprint density at radius 3 is 2.71 bits per heavy atom. The van der Waals surface area contributed by atoms with E-state index < -0.39 is 0 Å². The van der Waals surface area contributed by atoms with Crippen LogP contribution in [0.25, 0.3) is 0 Å². The highest BCUT2D eigenvalue weighted by atomic mass is 127. The van der Waals surface area contributed by atoms with Crippen molar-refractivity contribution in [3.05, 3.63) is 0 Å². The zero-order valence-electron chi connectivity index (χ0n) is 9.31. The molecule has 2 heteroatoms. The van der Waals surface area contributed by atoms with Gasteiger partial charge in [-0.2, -0.15) is 0 Å². The molecular formula is C12H21IO. The van der Waals surface area contributed by atoms with Gasteiger partial charge in [0.15, 0.2) is 0 Å². The first kappa shape index (κ1) is 11.2. The maximum Gasteiger partial charge on any atom is 0.0721 e. The molecule has 1 aliphatic carbocycles. The number of alkyl halides is 1. The Hall–Kier alpha value is 0.690. The van der Waals surface area contributed by atoms with Crippen LogP contribution in [0.3, 0.4) is 0 Å². The summed E-state index contributed by atoms with van der Waals surface area (Å²) in [6, 6.07) is 0. The summed E-state index contributed by atoms with van der Waals surface area (Å²) in [5, 5.41) is 0. The van der Waals surface area contributed by atoms with Gasteiger partial charge in [0, 0.05) is 16.4 Å². The van der Waals surface area contributed by atoms with E-state index in [1.165, 1.54) is 36.5 Å². The lowest BCUT2D eigenvalue weighted by molar-refractivity contribution is 0.0105. The second kappa shape index (κ2) is 3.93. The molecule has 1 spiro atoms. The molecule has 0 N–H and O–H groups in total. The van der Waals surface area contributed by atoms with Gasteiger partial charge in [-0.3, -0.25) is 0 Å². The van der Waals surface area contributed by atoms with Crippen molar-refractivity contribution >= 4 is 22.6 Å². The molecule has 1 nitrogen and oxygen atoms in total. The van der Waals surface area contributed by atoms with Crippen LogP contribution in [0.1, 0.15) is 46.0 Å². The van der Waals surface area contributed by atoms with Crippen molar-refractivity contribution in [2.45, 2.75) is 52.1 Å². The van der Waals surface area contributed by atoms with Crippen LogP contribution >= 0.6 is 22.6 Å². The Morgan fingerprint density at radius 1 is 1.29 bits per heavy atom. The van der Waals surface area contributed by atoms with E-state index in [0.29, 0.717) is 16.9 Å². The normalized spacial score (nSPS) is 41.8. The molecule has 0 aromatic rings. The predicted molar refractivity (Wildman–Crippen MR) is 67.9 cm³/mol. The lowest BCUT2D eigenvalue weighted by Crippen LogP contribution is -2.40. The number of ether oxygens (including phenoxy) is 1. The van der Waals surface area contributed by atoms with Crippen molar-refractivity contribution in [2.24, 2.45) is 10.8 Å². The molecule has 0 bridgehead atoms. The van der Waals surface area contributed by atoms with Crippen molar-refractivity contribution < 1.29 is 4.74 Å². The highest BCUT2D eigenvalue weighted by Gasteiger charge is 2.48. The molecule has 0 aromatic heterocycles. The standard InChI is InChI=1S/C12H21IO/c1-11(2)4-3-5-12(9-11)6-7-14-10(12)8-13/h10H,3-9H2,1-2H3. The molecule has 2 atom stereocenters. The SMILES string of the molecule is CC1(C)CCCC2(CCOC2CI)C1. The van der Waals surface area contributed by atoms with Crippen LogP contribution in [0.4, 0.5) is 0 Å². The number of rotatable bonds is 1. The fourth-order valence-electron chi connectivity index (χ4n) is 3.49. The van der Waals surface area contributed by atoms with Crippen LogP contribution in [0.5, 0.6) is 0 Å². The topological polar surface area (TPSA) is 9.23 Å². The second-order valence-corrected chi connectivity index (χ2v) is 6.70. The van der Waals surface area contributed by atoms with Crippen molar-refractivity contribution in [3.63, 3.8) is 0 Å². The monoisotopic (exact) mass is 308 g/mol. The van der Waals surface area contributed by atoms with Crippen LogP contribution in [0.15, 0.2) is 0 Å². The summed E-state index contributed by atoms with van der Waals surface area (Å²) in [6.07, 6.45) is 7.45. The van der Waals surface area contributed by atoms with Gasteiger partial charge in [-0.25, -0.2) is 0 Å². The van der Waals surface area contributed by atoms with Gasteiger partial charge in [0.2, 0.25) is 0 Å². The summed E-state index contributed by atoms with van der Waals surface area (Å²) in [5.74, 6) is 0.